The molecule has 1 aromatic carbocycles. The molecule has 2 aliphatic heterocycles. The smallest absolute Gasteiger partial charge is 0.253 e. The molecule has 110 valence electrons. The summed E-state index contributed by atoms with van der Waals surface area (Å²) in [5.74, 6) is -0.540. The highest BCUT2D eigenvalue weighted by Gasteiger charge is 2.41. The number of rotatable bonds is 1. The molecule has 20 heavy (non-hydrogen) atoms. The Bertz CT molecular complexity index is 518. The summed E-state index contributed by atoms with van der Waals surface area (Å²) in [5, 5.41) is 3.36. The van der Waals surface area contributed by atoms with Crippen molar-refractivity contribution < 1.29 is 9.18 Å². The van der Waals surface area contributed by atoms with Crippen molar-refractivity contribution in [1.82, 2.24) is 10.2 Å². The maximum Gasteiger partial charge on any atom is 0.253 e. The lowest BCUT2D eigenvalue weighted by molar-refractivity contribution is 0.0775. The molecule has 1 amide bonds. The maximum absolute atomic E-state index is 13.1. The fraction of sp³-hybridized carbons (Fsp3) is 0.500. The van der Waals surface area contributed by atoms with Crippen molar-refractivity contribution in [3.63, 3.8) is 0 Å². The number of carbonyl (C=O) groups is 1. The van der Waals surface area contributed by atoms with E-state index in [9.17, 15) is 9.18 Å². The fourth-order valence-corrected chi connectivity index (χ4v) is 3.24. The third-order valence-electron chi connectivity index (χ3n) is 4.22. The van der Waals surface area contributed by atoms with Gasteiger partial charge in [0.1, 0.15) is 5.82 Å². The molecule has 0 aromatic heterocycles. The molecule has 1 atom stereocenters. The van der Waals surface area contributed by atoms with E-state index in [1.165, 1.54) is 18.2 Å². The van der Waals surface area contributed by atoms with E-state index in [1.807, 2.05) is 4.90 Å². The summed E-state index contributed by atoms with van der Waals surface area (Å²) in [4.78, 5) is 14.2. The van der Waals surface area contributed by atoms with Gasteiger partial charge in [-0.3, -0.25) is 4.79 Å². The highest BCUT2D eigenvalue weighted by atomic mass is 35.5. The van der Waals surface area contributed by atoms with E-state index in [0.29, 0.717) is 5.56 Å². The first-order chi connectivity index (χ1) is 9.10. The van der Waals surface area contributed by atoms with Gasteiger partial charge in [0.05, 0.1) is 5.02 Å². The van der Waals surface area contributed by atoms with Crippen molar-refractivity contribution in [3.8, 4) is 0 Å². The largest absolute Gasteiger partial charge is 0.338 e. The van der Waals surface area contributed by atoms with Crippen LogP contribution in [0, 0.1) is 11.2 Å². The van der Waals surface area contributed by atoms with Gasteiger partial charge in [0.15, 0.2) is 0 Å². The summed E-state index contributed by atoms with van der Waals surface area (Å²) >= 11 is 5.73. The zero-order valence-electron chi connectivity index (χ0n) is 11.0. The average molecular weight is 319 g/mol. The van der Waals surface area contributed by atoms with Gasteiger partial charge < -0.3 is 10.2 Å². The van der Waals surface area contributed by atoms with Crippen LogP contribution >= 0.6 is 24.0 Å². The minimum absolute atomic E-state index is 0. The van der Waals surface area contributed by atoms with Crippen LogP contribution < -0.4 is 5.32 Å². The van der Waals surface area contributed by atoms with Crippen LogP contribution in [0.25, 0.3) is 0 Å². The second-order valence-electron chi connectivity index (χ2n) is 5.53. The van der Waals surface area contributed by atoms with E-state index in [0.717, 1.165) is 39.0 Å². The topological polar surface area (TPSA) is 32.3 Å². The molecule has 1 N–H and O–H groups in total. The Labute approximate surface area is 128 Å². The molecule has 1 aromatic rings. The van der Waals surface area contributed by atoms with Gasteiger partial charge in [0, 0.05) is 30.6 Å². The van der Waals surface area contributed by atoms with Gasteiger partial charge in [0.2, 0.25) is 0 Å². The van der Waals surface area contributed by atoms with Crippen molar-refractivity contribution in [3.05, 3.63) is 34.6 Å². The number of nitrogens with one attached hydrogen (secondary N) is 1. The molecule has 0 aliphatic carbocycles. The quantitative estimate of drug-likeness (QED) is 0.863. The van der Waals surface area contributed by atoms with Crippen LogP contribution in [0.1, 0.15) is 23.2 Å². The summed E-state index contributed by atoms with van der Waals surface area (Å²) in [6.45, 7) is 3.58. The molecule has 2 fully saturated rings. The van der Waals surface area contributed by atoms with Crippen LogP contribution in [0.2, 0.25) is 5.02 Å². The van der Waals surface area contributed by atoms with Crippen LogP contribution in [0.3, 0.4) is 0 Å². The van der Waals surface area contributed by atoms with Gasteiger partial charge in [-0.15, -0.1) is 12.4 Å². The van der Waals surface area contributed by atoms with Crippen LogP contribution in [0.5, 0.6) is 0 Å². The van der Waals surface area contributed by atoms with Crippen molar-refractivity contribution >= 4 is 29.9 Å². The molecule has 0 saturated carbocycles. The molecule has 2 heterocycles. The summed E-state index contributed by atoms with van der Waals surface area (Å²) in [6, 6.07) is 4.16. The molecule has 0 radical (unpaired) electrons. The fourth-order valence-electron chi connectivity index (χ4n) is 3.06. The minimum Gasteiger partial charge on any atom is -0.338 e. The van der Waals surface area contributed by atoms with Gasteiger partial charge in [-0.05, 0) is 37.6 Å². The number of nitrogens with zero attached hydrogens (tertiary/aromatic N) is 1. The second-order valence-corrected chi connectivity index (χ2v) is 5.94. The molecule has 2 saturated heterocycles. The van der Waals surface area contributed by atoms with E-state index in [4.69, 9.17) is 11.6 Å². The minimum atomic E-state index is -0.490. The Hall–Kier alpha value is -0.840. The number of halogens is 3. The summed E-state index contributed by atoms with van der Waals surface area (Å²) < 4.78 is 13.1. The number of hydrogen-bond acceptors (Lipinski definition) is 2. The lowest BCUT2D eigenvalue weighted by Gasteiger charge is -2.22. The molecule has 1 spiro atoms. The number of hydrogen-bond donors (Lipinski definition) is 1. The first-order valence-corrected chi connectivity index (χ1v) is 6.93. The first-order valence-electron chi connectivity index (χ1n) is 6.55. The Morgan fingerprint density at radius 2 is 2.20 bits per heavy atom. The number of carbonyl (C=O) groups excluding carboxylic acids is 1. The Kier molecular flexibility index (Phi) is 4.57. The standard InChI is InChI=1S/C14H16ClFN2O.ClH/c15-11-7-10(1-2-12(11)16)13(19)18-6-4-14(9-18)3-5-17-8-14;/h1-2,7,17H,3-6,8-9H2;1H. The highest BCUT2D eigenvalue weighted by molar-refractivity contribution is 6.31. The van der Waals surface area contributed by atoms with Crippen molar-refractivity contribution in [2.45, 2.75) is 12.8 Å². The zero-order valence-corrected chi connectivity index (χ0v) is 12.6. The number of likely N-dealkylation sites (tertiary alicyclic amines) is 1. The molecule has 3 rings (SSSR count). The Morgan fingerprint density at radius 1 is 1.40 bits per heavy atom. The monoisotopic (exact) mass is 318 g/mol. The van der Waals surface area contributed by atoms with E-state index >= 15 is 0 Å². The first kappa shape index (κ1) is 15.5. The maximum atomic E-state index is 13.1. The summed E-state index contributed by atoms with van der Waals surface area (Å²) in [5.41, 5.74) is 0.717. The van der Waals surface area contributed by atoms with E-state index < -0.39 is 5.82 Å². The lowest BCUT2D eigenvalue weighted by Crippen LogP contribution is -2.33. The molecular formula is C14H17Cl2FN2O. The van der Waals surface area contributed by atoms with Crippen LogP contribution in [0.4, 0.5) is 4.39 Å². The zero-order chi connectivity index (χ0) is 13.5. The number of benzene rings is 1. The molecule has 1 unspecified atom stereocenters. The van der Waals surface area contributed by atoms with Gasteiger partial charge in [-0.1, -0.05) is 11.6 Å². The van der Waals surface area contributed by atoms with Gasteiger partial charge in [0.25, 0.3) is 5.91 Å². The predicted octanol–water partition coefficient (Wildman–Crippen LogP) is 2.73. The lowest BCUT2D eigenvalue weighted by atomic mass is 9.86. The molecule has 2 aliphatic rings. The normalized spacial score (nSPS) is 25.0. The van der Waals surface area contributed by atoms with Crippen molar-refractivity contribution in [2.75, 3.05) is 26.2 Å². The van der Waals surface area contributed by atoms with Crippen LogP contribution in [-0.4, -0.2) is 37.0 Å². The van der Waals surface area contributed by atoms with E-state index in [1.54, 1.807) is 0 Å². The predicted molar refractivity (Wildman–Crippen MR) is 79.1 cm³/mol. The second kappa shape index (κ2) is 5.88. The SMILES string of the molecule is Cl.O=C(c1ccc(F)c(Cl)c1)N1CCC2(CCNC2)C1. The Balaban J connectivity index is 0.00000147. The number of amides is 1. The third-order valence-corrected chi connectivity index (χ3v) is 4.51. The molecular weight excluding hydrogens is 302 g/mol. The average Bonchev–Trinajstić information content (AvgIpc) is 3.03. The third kappa shape index (κ3) is 2.78. The van der Waals surface area contributed by atoms with Crippen molar-refractivity contribution in [1.29, 1.82) is 0 Å². The van der Waals surface area contributed by atoms with Crippen LogP contribution in [0.15, 0.2) is 18.2 Å². The molecule has 0 bridgehead atoms. The summed E-state index contributed by atoms with van der Waals surface area (Å²) in [6.07, 6.45) is 2.17. The molecule has 6 heteroatoms. The Morgan fingerprint density at radius 3 is 2.85 bits per heavy atom. The summed E-state index contributed by atoms with van der Waals surface area (Å²) in [7, 11) is 0. The van der Waals surface area contributed by atoms with Crippen LogP contribution in [-0.2, 0) is 0 Å². The molecule has 3 nitrogen and oxygen atoms in total. The highest BCUT2D eigenvalue weighted by Crippen LogP contribution is 2.36. The van der Waals surface area contributed by atoms with Gasteiger partial charge in [-0.2, -0.15) is 0 Å². The van der Waals surface area contributed by atoms with Gasteiger partial charge in [-0.25, -0.2) is 4.39 Å². The van der Waals surface area contributed by atoms with Crippen molar-refractivity contribution in [2.24, 2.45) is 5.41 Å². The van der Waals surface area contributed by atoms with E-state index in [2.05, 4.69) is 5.32 Å². The van der Waals surface area contributed by atoms with Gasteiger partial charge >= 0.3 is 0 Å². The van der Waals surface area contributed by atoms with E-state index in [-0.39, 0.29) is 28.8 Å².